The van der Waals surface area contributed by atoms with E-state index in [1.807, 2.05) is 11.3 Å². The lowest BCUT2D eigenvalue weighted by Gasteiger charge is -2.22. The van der Waals surface area contributed by atoms with Crippen molar-refractivity contribution in [2.24, 2.45) is 0 Å². The largest absolute Gasteiger partial charge is 0.306 e. The molecule has 1 unspecified atom stereocenters. The van der Waals surface area contributed by atoms with E-state index in [-0.39, 0.29) is 5.41 Å². The summed E-state index contributed by atoms with van der Waals surface area (Å²) in [5, 5.41) is 3.64. The van der Waals surface area contributed by atoms with Crippen molar-refractivity contribution < 1.29 is 0 Å². The van der Waals surface area contributed by atoms with Gasteiger partial charge in [0.1, 0.15) is 0 Å². The van der Waals surface area contributed by atoms with E-state index in [4.69, 9.17) is 0 Å². The minimum Gasteiger partial charge on any atom is -0.306 e. The zero-order valence-electron chi connectivity index (χ0n) is 14.1. The van der Waals surface area contributed by atoms with Gasteiger partial charge in [-0.05, 0) is 48.6 Å². The number of nitrogens with one attached hydrogen (secondary N) is 1. The Bertz CT molecular complexity index is 587. The molecule has 0 aliphatic carbocycles. The fourth-order valence-electron chi connectivity index (χ4n) is 2.69. The third kappa shape index (κ3) is 3.75. The van der Waals surface area contributed by atoms with Gasteiger partial charge in [0.2, 0.25) is 0 Å². The predicted molar refractivity (Wildman–Crippen MR) is 94.5 cm³/mol. The van der Waals surface area contributed by atoms with Crippen molar-refractivity contribution in [1.29, 1.82) is 0 Å². The second-order valence-electron chi connectivity index (χ2n) is 6.77. The molecule has 0 fully saturated rings. The summed E-state index contributed by atoms with van der Waals surface area (Å²) < 4.78 is 0. The molecule has 21 heavy (non-hydrogen) atoms. The lowest BCUT2D eigenvalue weighted by atomic mass is 9.86. The average molecular weight is 301 g/mol. The highest BCUT2D eigenvalue weighted by molar-refractivity contribution is 7.12. The van der Waals surface area contributed by atoms with Gasteiger partial charge < -0.3 is 5.32 Å². The van der Waals surface area contributed by atoms with Crippen molar-refractivity contribution in [3.63, 3.8) is 0 Å². The first-order valence-corrected chi connectivity index (χ1v) is 8.55. The summed E-state index contributed by atoms with van der Waals surface area (Å²) in [4.78, 5) is 2.83. The van der Waals surface area contributed by atoms with Crippen molar-refractivity contribution >= 4 is 11.3 Å². The van der Waals surface area contributed by atoms with Crippen LogP contribution in [0.1, 0.15) is 60.2 Å². The lowest BCUT2D eigenvalue weighted by molar-refractivity contribution is 0.588. The smallest absolute Gasteiger partial charge is 0.0673 e. The Labute approximate surface area is 133 Å². The topological polar surface area (TPSA) is 12.0 Å². The van der Waals surface area contributed by atoms with Crippen LogP contribution in [0.15, 0.2) is 30.3 Å². The molecule has 1 aromatic heterocycles. The van der Waals surface area contributed by atoms with Crippen molar-refractivity contribution in [2.45, 2.75) is 53.0 Å². The van der Waals surface area contributed by atoms with Gasteiger partial charge in [0, 0.05) is 9.75 Å². The van der Waals surface area contributed by atoms with Crippen LogP contribution in [-0.2, 0) is 5.41 Å². The van der Waals surface area contributed by atoms with E-state index in [0.717, 1.165) is 6.54 Å². The van der Waals surface area contributed by atoms with Gasteiger partial charge in [0.15, 0.2) is 0 Å². The standard InChI is InChI=1S/C19H27NS/c1-7-20-17(18-13(2)12-14(3)21-18)15-8-10-16(11-9-15)19(4,5)6/h8-12,17,20H,7H2,1-6H3. The van der Waals surface area contributed by atoms with Gasteiger partial charge in [-0.3, -0.25) is 0 Å². The monoisotopic (exact) mass is 301 g/mol. The van der Waals surface area contributed by atoms with Gasteiger partial charge in [-0.15, -0.1) is 11.3 Å². The van der Waals surface area contributed by atoms with Crippen LogP contribution in [0.5, 0.6) is 0 Å². The van der Waals surface area contributed by atoms with Crippen LogP contribution in [0.25, 0.3) is 0 Å². The van der Waals surface area contributed by atoms with Crippen LogP contribution in [0.4, 0.5) is 0 Å². The van der Waals surface area contributed by atoms with E-state index in [0.29, 0.717) is 6.04 Å². The Balaban J connectivity index is 2.37. The minimum atomic E-state index is 0.210. The maximum absolute atomic E-state index is 3.64. The molecule has 1 nitrogen and oxygen atoms in total. The summed E-state index contributed by atoms with van der Waals surface area (Å²) >= 11 is 1.90. The van der Waals surface area contributed by atoms with Crippen molar-refractivity contribution in [1.82, 2.24) is 5.32 Å². The number of thiophene rings is 1. The number of benzene rings is 1. The van der Waals surface area contributed by atoms with Gasteiger partial charge in [-0.2, -0.15) is 0 Å². The summed E-state index contributed by atoms with van der Waals surface area (Å²) in [7, 11) is 0. The fraction of sp³-hybridized carbons (Fsp3) is 0.474. The number of hydrogen-bond donors (Lipinski definition) is 1. The van der Waals surface area contributed by atoms with Gasteiger partial charge in [0.05, 0.1) is 6.04 Å². The molecule has 0 radical (unpaired) electrons. The molecule has 1 heterocycles. The molecule has 0 aliphatic rings. The van der Waals surface area contributed by atoms with Gasteiger partial charge in [0.25, 0.3) is 0 Å². The molecule has 0 aliphatic heterocycles. The summed E-state index contributed by atoms with van der Waals surface area (Å²) in [5.41, 5.74) is 4.35. The normalized spacial score (nSPS) is 13.4. The first-order chi connectivity index (χ1) is 9.82. The van der Waals surface area contributed by atoms with Crippen LogP contribution in [0, 0.1) is 13.8 Å². The maximum Gasteiger partial charge on any atom is 0.0673 e. The molecule has 0 amide bonds. The van der Waals surface area contributed by atoms with Crippen molar-refractivity contribution in [3.8, 4) is 0 Å². The number of rotatable bonds is 4. The average Bonchev–Trinajstić information content (AvgIpc) is 2.74. The molecular weight excluding hydrogens is 274 g/mol. The van der Waals surface area contributed by atoms with Crippen LogP contribution >= 0.6 is 11.3 Å². The van der Waals surface area contributed by atoms with E-state index < -0.39 is 0 Å². The molecule has 2 aromatic rings. The summed E-state index contributed by atoms with van der Waals surface area (Å²) in [6.07, 6.45) is 0. The quantitative estimate of drug-likeness (QED) is 0.801. The molecule has 0 spiro atoms. The molecule has 0 saturated heterocycles. The first kappa shape index (κ1) is 16.3. The predicted octanol–water partition coefficient (Wildman–Crippen LogP) is 5.36. The van der Waals surface area contributed by atoms with E-state index >= 15 is 0 Å². The van der Waals surface area contributed by atoms with Gasteiger partial charge >= 0.3 is 0 Å². The van der Waals surface area contributed by atoms with Crippen LogP contribution < -0.4 is 5.32 Å². The van der Waals surface area contributed by atoms with E-state index in [9.17, 15) is 0 Å². The van der Waals surface area contributed by atoms with E-state index in [1.54, 1.807) is 0 Å². The number of hydrogen-bond acceptors (Lipinski definition) is 2. The van der Waals surface area contributed by atoms with Crippen molar-refractivity contribution in [3.05, 3.63) is 56.8 Å². The molecule has 1 N–H and O–H groups in total. The van der Waals surface area contributed by atoms with Crippen molar-refractivity contribution in [2.75, 3.05) is 6.54 Å². The SMILES string of the molecule is CCNC(c1ccc(C(C)(C)C)cc1)c1sc(C)cc1C. The zero-order valence-corrected chi connectivity index (χ0v) is 14.9. The Morgan fingerprint density at radius 1 is 1.10 bits per heavy atom. The molecule has 114 valence electrons. The summed E-state index contributed by atoms with van der Waals surface area (Å²) in [6, 6.07) is 11.7. The third-order valence-corrected chi connectivity index (χ3v) is 5.08. The highest BCUT2D eigenvalue weighted by Gasteiger charge is 2.19. The maximum atomic E-state index is 3.64. The Morgan fingerprint density at radius 3 is 2.14 bits per heavy atom. The molecular formula is C19H27NS. The molecule has 1 atom stereocenters. The molecule has 0 bridgehead atoms. The van der Waals surface area contributed by atoms with E-state index in [2.05, 4.69) is 77.2 Å². The fourth-order valence-corrected chi connectivity index (χ4v) is 3.83. The Kier molecular flexibility index (Phi) is 4.90. The molecule has 2 heteroatoms. The summed E-state index contributed by atoms with van der Waals surface area (Å²) in [5.74, 6) is 0. The number of aryl methyl sites for hydroxylation is 2. The Hall–Kier alpha value is -1.12. The Morgan fingerprint density at radius 2 is 1.71 bits per heavy atom. The highest BCUT2D eigenvalue weighted by Crippen LogP contribution is 2.33. The zero-order chi connectivity index (χ0) is 15.6. The second kappa shape index (κ2) is 6.33. The molecule has 0 saturated carbocycles. The first-order valence-electron chi connectivity index (χ1n) is 7.73. The van der Waals surface area contributed by atoms with Crippen LogP contribution in [0.2, 0.25) is 0 Å². The minimum absolute atomic E-state index is 0.210. The van der Waals surface area contributed by atoms with Gasteiger partial charge in [-0.25, -0.2) is 0 Å². The third-order valence-electron chi connectivity index (χ3n) is 3.86. The van der Waals surface area contributed by atoms with Crippen LogP contribution in [-0.4, -0.2) is 6.54 Å². The summed E-state index contributed by atoms with van der Waals surface area (Å²) in [6.45, 7) is 14.3. The lowest BCUT2D eigenvalue weighted by Crippen LogP contribution is -2.22. The molecule has 1 aromatic carbocycles. The van der Waals surface area contributed by atoms with Crippen LogP contribution in [0.3, 0.4) is 0 Å². The second-order valence-corrected chi connectivity index (χ2v) is 8.05. The van der Waals surface area contributed by atoms with Gasteiger partial charge in [-0.1, -0.05) is 52.0 Å². The van der Waals surface area contributed by atoms with E-state index in [1.165, 1.54) is 26.4 Å². The molecule has 2 rings (SSSR count). The highest BCUT2D eigenvalue weighted by atomic mass is 32.1.